The fourth-order valence-corrected chi connectivity index (χ4v) is 3.70. The Morgan fingerprint density at radius 2 is 2.05 bits per heavy atom. The van der Waals surface area contributed by atoms with E-state index in [4.69, 9.17) is 0 Å². The first-order valence-electron chi connectivity index (χ1n) is 6.77. The molecule has 0 saturated heterocycles. The first-order chi connectivity index (χ1) is 9.45. The fraction of sp³-hybridized carbons (Fsp3) is 0.500. The Labute approximate surface area is 118 Å². The van der Waals surface area contributed by atoms with Gasteiger partial charge in [0.1, 0.15) is 0 Å². The molecule has 0 spiro atoms. The number of carbonyl (C=O) groups is 1. The molecule has 0 radical (unpaired) electrons. The quantitative estimate of drug-likeness (QED) is 0.870. The number of para-hydroxylation sites is 1. The van der Waals surface area contributed by atoms with Crippen LogP contribution in [0.25, 0.3) is 0 Å². The lowest BCUT2D eigenvalue weighted by atomic mass is 10.0. The van der Waals surface area contributed by atoms with Crippen LogP contribution in [0.5, 0.6) is 0 Å². The van der Waals surface area contributed by atoms with Gasteiger partial charge in [-0.1, -0.05) is 25.5 Å². The zero-order valence-corrected chi connectivity index (χ0v) is 12.2. The van der Waals surface area contributed by atoms with E-state index in [0.29, 0.717) is 12.1 Å². The van der Waals surface area contributed by atoms with Gasteiger partial charge < -0.3 is 10.4 Å². The van der Waals surface area contributed by atoms with E-state index in [1.54, 1.807) is 31.2 Å². The summed E-state index contributed by atoms with van der Waals surface area (Å²) in [7, 11) is -3.32. The van der Waals surface area contributed by atoms with E-state index in [1.165, 1.54) is 0 Å². The van der Waals surface area contributed by atoms with Crippen molar-refractivity contribution in [2.45, 2.75) is 37.1 Å². The van der Waals surface area contributed by atoms with E-state index in [1.807, 2.05) is 0 Å². The van der Waals surface area contributed by atoms with Crippen molar-refractivity contribution in [3.05, 3.63) is 24.3 Å². The molecule has 1 aliphatic carbocycles. The number of aliphatic carboxylic acids is 1. The Morgan fingerprint density at radius 1 is 1.35 bits per heavy atom. The number of nitrogens with one attached hydrogen (secondary N) is 1. The van der Waals surface area contributed by atoms with Gasteiger partial charge >= 0.3 is 5.97 Å². The smallest absolute Gasteiger partial charge is 0.308 e. The van der Waals surface area contributed by atoms with Gasteiger partial charge in [-0.15, -0.1) is 0 Å². The van der Waals surface area contributed by atoms with Crippen LogP contribution in [0.4, 0.5) is 5.69 Å². The number of rotatable bonds is 5. The molecule has 2 rings (SSSR count). The van der Waals surface area contributed by atoms with Crippen molar-refractivity contribution in [1.29, 1.82) is 0 Å². The first kappa shape index (κ1) is 14.8. The molecule has 5 nitrogen and oxygen atoms in total. The van der Waals surface area contributed by atoms with Crippen molar-refractivity contribution in [1.82, 2.24) is 0 Å². The molecule has 1 fully saturated rings. The second-order valence-corrected chi connectivity index (χ2v) is 7.27. The van der Waals surface area contributed by atoms with Gasteiger partial charge in [0.25, 0.3) is 0 Å². The molecule has 2 N–H and O–H groups in total. The minimum Gasteiger partial charge on any atom is -0.481 e. The Morgan fingerprint density at radius 3 is 2.70 bits per heavy atom. The minimum absolute atomic E-state index is 0.0265. The molecule has 0 amide bonds. The van der Waals surface area contributed by atoms with Crippen LogP contribution in [-0.4, -0.2) is 31.3 Å². The summed E-state index contributed by atoms with van der Waals surface area (Å²) in [5.74, 6) is -1.25. The summed E-state index contributed by atoms with van der Waals surface area (Å²) in [6.07, 6.45) is 2.23. The fourth-order valence-electron chi connectivity index (χ4n) is 2.64. The number of sulfone groups is 1. The van der Waals surface area contributed by atoms with Crippen molar-refractivity contribution in [3.8, 4) is 0 Å². The minimum atomic E-state index is -3.32. The van der Waals surface area contributed by atoms with Crippen LogP contribution in [0.3, 0.4) is 0 Å². The molecule has 1 aromatic rings. The molecule has 6 heteroatoms. The zero-order valence-electron chi connectivity index (χ0n) is 11.4. The van der Waals surface area contributed by atoms with E-state index in [-0.39, 0.29) is 16.7 Å². The molecule has 0 aromatic heterocycles. The zero-order chi connectivity index (χ0) is 14.8. The van der Waals surface area contributed by atoms with Gasteiger partial charge in [0.05, 0.1) is 22.3 Å². The highest BCUT2D eigenvalue weighted by Crippen LogP contribution is 2.31. The van der Waals surface area contributed by atoms with Crippen molar-refractivity contribution in [2.24, 2.45) is 5.92 Å². The molecular weight excluding hydrogens is 278 g/mol. The van der Waals surface area contributed by atoms with Crippen molar-refractivity contribution in [3.63, 3.8) is 0 Å². The van der Waals surface area contributed by atoms with E-state index in [0.717, 1.165) is 12.8 Å². The Balaban J connectivity index is 2.28. The molecule has 0 aliphatic heterocycles. The largest absolute Gasteiger partial charge is 0.481 e. The summed E-state index contributed by atoms with van der Waals surface area (Å²) in [5.41, 5.74) is 0.507. The molecule has 1 aliphatic rings. The predicted molar refractivity (Wildman–Crippen MR) is 76.6 cm³/mol. The van der Waals surface area contributed by atoms with Crippen molar-refractivity contribution >= 4 is 21.5 Å². The first-order valence-corrected chi connectivity index (χ1v) is 8.42. The molecule has 2 unspecified atom stereocenters. The molecule has 1 saturated carbocycles. The summed E-state index contributed by atoms with van der Waals surface area (Å²) in [6.45, 7) is 1.60. The lowest BCUT2D eigenvalue weighted by Crippen LogP contribution is -2.30. The highest BCUT2D eigenvalue weighted by Gasteiger charge is 2.33. The third-order valence-corrected chi connectivity index (χ3v) is 5.56. The maximum absolute atomic E-state index is 12.1. The Bertz CT molecular complexity index is 597. The number of carboxylic acids is 1. The molecule has 110 valence electrons. The number of anilines is 1. The van der Waals surface area contributed by atoms with E-state index < -0.39 is 21.7 Å². The SMILES string of the molecule is CCS(=O)(=O)c1ccccc1NC1CCCC1C(=O)O. The van der Waals surface area contributed by atoms with Gasteiger partial charge in [0.15, 0.2) is 9.84 Å². The number of hydrogen-bond acceptors (Lipinski definition) is 4. The summed E-state index contributed by atoms with van der Waals surface area (Å²) in [4.78, 5) is 11.4. The van der Waals surface area contributed by atoms with Crippen molar-refractivity contribution in [2.75, 3.05) is 11.1 Å². The van der Waals surface area contributed by atoms with E-state index >= 15 is 0 Å². The molecular formula is C14H19NO4S. The lowest BCUT2D eigenvalue weighted by Gasteiger charge is -2.20. The van der Waals surface area contributed by atoms with E-state index in [9.17, 15) is 18.3 Å². The molecule has 1 aromatic carbocycles. The monoisotopic (exact) mass is 297 g/mol. The van der Waals surface area contributed by atoms with Gasteiger partial charge in [0, 0.05) is 6.04 Å². The highest BCUT2D eigenvalue weighted by atomic mass is 32.2. The Hall–Kier alpha value is -1.56. The van der Waals surface area contributed by atoms with Crippen LogP contribution in [0, 0.1) is 5.92 Å². The second-order valence-electron chi connectivity index (χ2n) is 5.03. The maximum Gasteiger partial charge on any atom is 0.308 e. The van der Waals surface area contributed by atoms with Gasteiger partial charge in [-0.3, -0.25) is 4.79 Å². The second kappa shape index (κ2) is 5.83. The van der Waals surface area contributed by atoms with Crippen LogP contribution in [0.15, 0.2) is 29.2 Å². The number of benzene rings is 1. The van der Waals surface area contributed by atoms with E-state index in [2.05, 4.69) is 5.32 Å². The molecule has 0 heterocycles. The van der Waals surface area contributed by atoms with Crippen LogP contribution in [-0.2, 0) is 14.6 Å². The van der Waals surface area contributed by atoms with Gasteiger partial charge in [0.2, 0.25) is 0 Å². The molecule has 0 bridgehead atoms. The number of carboxylic acid groups (broad SMARTS) is 1. The highest BCUT2D eigenvalue weighted by molar-refractivity contribution is 7.91. The van der Waals surface area contributed by atoms with Gasteiger partial charge in [-0.2, -0.15) is 0 Å². The molecule has 20 heavy (non-hydrogen) atoms. The predicted octanol–water partition coefficient (Wildman–Crippen LogP) is 2.15. The topological polar surface area (TPSA) is 83.5 Å². The van der Waals surface area contributed by atoms with Crippen LogP contribution in [0.1, 0.15) is 26.2 Å². The third kappa shape index (κ3) is 2.95. The Kier molecular flexibility index (Phi) is 4.32. The van der Waals surface area contributed by atoms with Crippen LogP contribution in [0.2, 0.25) is 0 Å². The van der Waals surface area contributed by atoms with Crippen LogP contribution >= 0.6 is 0 Å². The summed E-state index contributed by atoms with van der Waals surface area (Å²) in [5, 5.41) is 12.3. The maximum atomic E-state index is 12.1. The summed E-state index contributed by atoms with van der Waals surface area (Å²) < 4.78 is 24.1. The average Bonchev–Trinajstić information content (AvgIpc) is 2.87. The standard InChI is InChI=1S/C14H19NO4S/c1-2-20(18,19)13-9-4-3-7-12(13)15-11-8-5-6-10(11)14(16)17/h3-4,7,9-11,15H,2,5-6,8H2,1H3,(H,16,17). The molecule has 2 atom stereocenters. The van der Waals surface area contributed by atoms with Crippen molar-refractivity contribution < 1.29 is 18.3 Å². The van der Waals surface area contributed by atoms with Gasteiger partial charge in [-0.05, 0) is 25.0 Å². The summed E-state index contributed by atoms with van der Waals surface area (Å²) in [6, 6.07) is 6.48. The van der Waals surface area contributed by atoms with Gasteiger partial charge in [-0.25, -0.2) is 8.42 Å². The number of hydrogen-bond donors (Lipinski definition) is 2. The van der Waals surface area contributed by atoms with Crippen LogP contribution < -0.4 is 5.32 Å². The summed E-state index contributed by atoms with van der Waals surface area (Å²) >= 11 is 0. The third-order valence-electron chi connectivity index (χ3n) is 3.78. The lowest BCUT2D eigenvalue weighted by molar-refractivity contribution is -0.141. The average molecular weight is 297 g/mol. The normalized spacial score (nSPS) is 22.6.